The summed E-state index contributed by atoms with van der Waals surface area (Å²) in [5.74, 6) is -0.980. The van der Waals surface area contributed by atoms with Gasteiger partial charge in [-0.1, -0.05) is 0 Å². The SMILES string of the molecule is O=C(O)c1ccnc(Sc2ncco2)c1. The van der Waals surface area contributed by atoms with Crippen molar-refractivity contribution in [3.05, 3.63) is 36.4 Å². The van der Waals surface area contributed by atoms with Gasteiger partial charge in [0, 0.05) is 6.20 Å². The Morgan fingerprint density at radius 1 is 1.40 bits per heavy atom. The Balaban J connectivity index is 2.22. The van der Waals surface area contributed by atoms with Crippen LogP contribution in [0.5, 0.6) is 0 Å². The predicted molar refractivity (Wildman–Crippen MR) is 51.8 cm³/mol. The smallest absolute Gasteiger partial charge is 0.335 e. The van der Waals surface area contributed by atoms with Crippen molar-refractivity contribution >= 4 is 17.7 Å². The molecular weight excluding hydrogens is 216 g/mol. The highest BCUT2D eigenvalue weighted by atomic mass is 32.2. The van der Waals surface area contributed by atoms with Crippen molar-refractivity contribution in [3.63, 3.8) is 0 Å². The number of carbonyl (C=O) groups is 1. The molecule has 0 fully saturated rings. The predicted octanol–water partition coefficient (Wildman–Crippen LogP) is 1.92. The van der Waals surface area contributed by atoms with E-state index in [-0.39, 0.29) is 5.56 Å². The number of carboxylic acid groups (broad SMARTS) is 1. The summed E-state index contributed by atoms with van der Waals surface area (Å²) in [6.45, 7) is 0. The van der Waals surface area contributed by atoms with Crippen LogP contribution in [0.25, 0.3) is 0 Å². The first-order chi connectivity index (χ1) is 7.25. The standard InChI is InChI=1S/C9H6N2O3S/c12-8(13)6-1-2-10-7(5-6)15-9-11-3-4-14-9/h1-5H,(H,12,13). The number of aromatic carboxylic acids is 1. The van der Waals surface area contributed by atoms with Crippen LogP contribution in [0.3, 0.4) is 0 Å². The topological polar surface area (TPSA) is 76.2 Å². The molecule has 0 spiro atoms. The van der Waals surface area contributed by atoms with Gasteiger partial charge in [-0.05, 0) is 23.9 Å². The van der Waals surface area contributed by atoms with Crippen LogP contribution < -0.4 is 0 Å². The minimum absolute atomic E-state index is 0.194. The van der Waals surface area contributed by atoms with Crippen molar-refractivity contribution in [1.29, 1.82) is 0 Å². The fourth-order valence-corrected chi connectivity index (χ4v) is 1.64. The molecule has 0 aliphatic carbocycles. The normalized spacial score (nSPS) is 10.1. The Labute approximate surface area is 89.2 Å². The van der Waals surface area contributed by atoms with Crippen LogP contribution in [-0.4, -0.2) is 21.0 Å². The summed E-state index contributed by atoms with van der Waals surface area (Å²) in [6, 6.07) is 2.90. The van der Waals surface area contributed by atoms with E-state index in [1.807, 2.05) is 0 Å². The molecule has 0 aliphatic heterocycles. The van der Waals surface area contributed by atoms with E-state index in [1.165, 1.54) is 42.6 Å². The number of rotatable bonds is 3. The van der Waals surface area contributed by atoms with E-state index in [1.54, 1.807) is 0 Å². The van der Waals surface area contributed by atoms with E-state index >= 15 is 0 Å². The number of pyridine rings is 1. The van der Waals surface area contributed by atoms with E-state index in [0.717, 1.165) is 0 Å². The highest BCUT2D eigenvalue weighted by Gasteiger charge is 2.07. The summed E-state index contributed by atoms with van der Waals surface area (Å²) in [5.41, 5.74) is 0.194. The minimum atomic E-state index is -0.980. The number of oxazole rings is 1. The van der Waals surface area contributed by atoms with Crippen molar-refractivity contribution in [2.45, 2.75) is 10.2 Å². The van der Waals surface area contributed by atoms with Crippen LogP contribution in [0.1, 0.15) is 10.4 Å². The Kier molecular flexibility index (Phi) is 2.68. The van der Waals surface area contributed by atoms with Crippen LogP contribution in [0, 0.1) is 0 Å². The molecule has 0 aromatic carbocycles. The van der Waals surface area contributed by atoms with Gasteiger partial charge in [0.1, 0.15) is 11.3 Å². The van der Waals surface area contributed by atoms with Crippen LogP contribution in [0.15, 0.2) is 45.5 Å². The summed E-state index contributed by atoms with van der Waals surface area (Å²) < 4.78 is 5.00. The molecule has 0 amide bonds. The lowest BCUT2D eigenvalue weighted by Gasteiger charge is -1.97. The van der Waals surface area contributed by atoms with Crippen LogP contribution >= 0.6 is 11.8 Å². The molecule has 0 radical (unpaired) electrons. The lowest BCUT2D eigenvalue weighted by molar-refractivity contribution is 0.0696. The van der Waals surface area contributed by atoms with Crippen LogP contribution in [0.2, 0.25) is 0 Å². The molecule has 6 heteroatoms. The third-order valence-electron chi connectivity index (χ3n) is 1.58. The van der Waals surface area contributed by atoms with E-state index in [4.69, 9.17) is 9.52 Å². The average Bonchev–Trinajstić information content (AvgIpc) is 2.71. The zero-order valence-electron chi connectivity index (χ0n) is 7.45. The molecule has 1 N–H and O–H groups in total. The molecule has 5 nitrogen and oxygen atoms in total. The molecule has 0 saturated heterocycles. The zero-order chi connectivity index (χ0) is 10.7. The minimum Gasteiger partial charge on any atom is -0.478 e. The van der Waals surface area contributed by atoms with Gasteiger partial charge in [-0.2, -0.15) is 0 Å². The molecular formula is C9H6N2O3S. The maximum atomic E-state index is 10.7. The number of aromatic nitrogens is 2. The largest absolute Gasteiger partial charge is 0.478 e. The lowest BCUT2D eigenvalue weighted by atomic mass is 10.3. The molecule has 76 valence electrons. The number of nitrogens with zero attached hydrogens (tertiary/aromatic N) is 2. The highest BCUT2D eigenvalue weighted by Crippen LogP contribution is 2.24. The van der Waals surface area contributed by atoms with Gasteiger partial charge >= 0.3 is 5.97 Å². The van der Waals surface area contributed by atoms with Gasteiger partial charge in [-0.3, -0.25) is 0 Å². The molecule has 0 atom stereocenters. The molecule has 0 aliphatic rings. The Hall–Kier alpha value is -1.82. The number of hydrogen-bond acceptors (Lipinski definition) is 5. The molecule has 2 rings (SSSR count). The third-order valence-corrected chi connectivity index (χ3v) is 2.39. The van der Waals surface area contributed by atoms with Gasteiger partial charge in [0.25, 0.3) is 5.22 Å². The van der Waals surface area contributed by atoms with Crippen LogP contribution in [0.4, 0.5) is 0 Å². The molecule has 2 aromatic rings. The highest BCUT2D eigenvalue weighted by molar-refractivity contribution is 7.99. The molecule has 0 unspecified atom stereocenters. The molecule has 2 aromatic heterocycles. The summed E-state index contributed by atoms with van der Waals surface area (Å²) in [7, 11) is 0. The van der Waals surface area contributed by atoms with Gasteiger partial charge in [0.05, 0.1) is 11.8 Å². The molecule has 0 saturated carbocycles. The first-order valence-electron chi connectivity index (χ1n) is 4.02. The summed E-state index contributed by atoms with van der Waals surface area (Å²) in [6.07, 6.45) is 4.40. The van der Waals surface area contributed by atoms with E-state index in [0.29, 0.717) is 10.2 Å². The van der Waals surface area contributed by atoms with Crippen molar-refractivity contribution in [3.8, 4) is 0 Å². The van der Waals surface area contributed by atoms with Crippen molar-refractivity contribution < 1.29 is 14.3 Å². The monoisotopic (exact) mass is 222 g/mol. The quantitative estimate of drug-likeness (QED) is 0.854. The summed E-state index contributed by atoms with van der Waals surface area (Å²) >= 11 is 1.17. The first kappa shape index (κ1) is 9.72. The van der Waals surface area contributed by atoms with E-state index in [2.05, 4.69) is 9.97 Å². The lowest BCUT2D eigenvalue weighted by Crippen LogP contribution is -1.96. The Bertz CT molecular complexity index is 470. The van der Waals surface area contributed by atoms with Gasteiger partial charge in [-0.25, -0.2) is 14.8 Å². The Morgan fingerprint density at radius 3 is 2.93 bits per heavy atom. The third kappa shape index (κ3) is 2.35. The van der Waals surface area contributed by atoms with Crippen LogP contribution in [-0.2, 0) is 0 Å². The van der Waals surface area contributed by atoms with Gasteiger partial charge < -0.3 is 9.52 Å². The fraction of sp³-hybridized carbons (Fsp3) is 0. The van der Waals surface area contributed by atoms with Crippen molar-refractivity contribution in [1.82, 2.24) is 9.97 Å². The maximum Gasteiger partial charge on any atom is 0.335 e. The van der Waals surface area contributed by atoms with Gasteiger partial charge in [0.15, 0.2) is 0 Å². The van der Waals surface area contributed by atoms with Crippen molar-refractivity contribution in [2.75, 3.05) is 0 Å². The summed E-state index contributed by atoms with van der Waals surface area (Å²) in [4.78, 5) is 18.6. The second-order valence-electron chi connectivity index (χ2n) is 2.59. The van der Waals surface area contributed by atoms with Gasteiger partial charge in [-0.15, -0.1) is 0 Å². The Morgan fingerprint density at radius 2 is 2.27 bits per heavy atom. The van der Waals surface area contributed by atoms with Gasteiger partial charge in [0.2, 0.25) is 0 Å². The molecule has 2 heterocycles. The number of hydrogen-bond donors (Lipinski definition) is 1. The van der Waals surface area contributed by atoms with Crippen molar-refractivity contribution in [2.24, 2.45) is 0 Å². The molecule has 0 bridgehead atoms. The van der Waals surface area contributed by atoms with E-state index in [9.17, 15) is 4.79 Å². The maximum absolute atomic E-state index is 10.7. The summed E-state index contributed by atoms with van der Waals surface area (Å²) in [5, 5.41) is 9.73. The van der Waals surface area contributed by atoms with E-state index < -0.39 is 5.97 Å². The zero-order valence-corrected chi connectivity index (χ0v) is 8.27. The fourth-order valence-electron chi connectivity index (χ4n) is 0.948. The molecule has 15 heavy (non-hydrogen) atoms. The first-order valence-corrected chi connectivity index (χ1v) is 4.84. The number of carboxylic acids is 1. The second kappa shape index (κ2) is 4.14. The average molecular weight is 222 g/mol. The second-order valence-corrected chi connectivity index (χ2v) is 3.56.